The lowest BCUT2D eigenvalue weighted by Gasteiger charge is -2.38. The van der Waals surface area contributed by atoms with Gasteiger partial charge in [0, 0.05) is 22.2 Å². The average molecular weight is 340 g/mol. The van der Waals surface area contributed by atoms with Gasteiger partial charge in [0.15, 0.2) is 0 Å². The minimum Gasteiger partial charge on any atom is -0.478 e. The molecule has 0 unspecified atom stereocenters. The van der Waals surface area contributed by atoms with Crippen LogP contribution in [0.5, 0.6) is 0 Å². The standard InChI is InChI=1S/C20H18ClNO2/c1-11-5-10-16(21)17-14-3-2-4-15(14)19(22-18(11)17)12-6-8-13(9-7-12)20(23)24/h2-3,5-10,14-15,19,22H,4H2,1H3,(H,23,24)/t14-,15+,19+/m0/s1. The molecule has 4 heteroatoms. The van der Waals surface area contributed by atoms with Gasteiger partial charge in [-0.1, -0.05) is 42.0 Å². The van der Waals surface area contributed by atoms with E-state index in [0.29, 0.717) is 17.4 Å². The second-order valence-electron chi connectivity index (χ2n) is 6.56. The van der Waals surface area contributed by atoms with Crippen molar-refractivity contribution in [2.75, 3.05) is 5.32 Å². The fourth-order valence-electron chi connectivity index (χ4n) is 3.97. The maximum absolute atomic E-state index is 11.1. The van der Waals surface area contributed by atoms with Gasteiger partial charge in [0.05, 0.1) is 11.6 Å². The number of hydrogen-bond acceptors (Lipinski definition) is 2. The van der Waals surface area contributed by atoms with E-state index in [-0.39, 0.29) is 6.04 Å². The molecule has 0 radical (unpaired) electrons. The molecule has 1 aliphatic heterocycles. The molecule has 1 aliphatic carbocycles. The lowest BCUT2D eigenvalue weighted by molar-refractivity contribution is 0.0697. The summed E-state index contributed by atoms with van der Waals surface area (Å²) in [6.07, 6.45) is 5.48. The molecule has 2 aromatic rings. The first-order chi connectivity index (χ1) is 11.6. The normalized spacial score (nSPS) is 24.2. The molecule has 0 saturated heterocycles. The van der Waals surface area contributed by atoms with E-state index in [0.717, 1.165) is 22.7 Å². The molecular formula is C20H18ClNO2. The Morgan fingerprint density at radius 2 is 1.96 bits per heavy atom. The van der Waals surface area contributed by atoms with Gasteiger partial charge >= 0.3 is 5.97 Å². The van der Waals surface area contributed by atoms with Gasteiger partial charge in [0.1, 0.15) is 0 Å². The third kappa shape index (κ3) is 2.31. The fourth-order valence-corrected chi connectivity index (χ4v) is 4.26. The number of allylic oxidation sites excluding steroid dienone is 2. The number of anilines is 1. The van der Waals surface area contributed by atoms with Gasteiger partial charge in [-0.2, -0.15) is 0 Å². The number of carboxylic acid groups (broad SMARTS) is 1. The molecule has 3 nitrogen and oxygen atoms in total. The number of rotatable bonds is 2. The zero-order valence-corrected chi connectivity index (χ0v) is 14.0. The first kappa shape index (κ1) is 15.3. The van der Waals surface area contributed by atoms with Crippen molar-refractivity contribution in [2.24, 2.45) is 5.92 Å². The Morgan fingerprint density at radius 1 is 1.21 bits per heavy atom. The third-order valence-electron chi connectivity index (χ3n) is 5.19. The molecule has 2 aromatic carbocycles. The quantitative estimate of drug-likeness (QED) is 0.742. The number of aryl methyl sites for hydroxylation is 1. The molecule has 0 bridgehead atoms. The van der Waals surface area contributed by atoms with Crippen LogP contribution in [0.25, 0.3) is 0 Å². The largest absolute Gasteiger partial charge is 0.478 e. The number of aromatic carboxylic acids is 1. The van der Waals surface area contributed by atoms with E-state index in [1.165, 1.54) is 11.1 Å². The Morgan fingerprint density at radius 3 is 2.67 bits per heavy atom. The SMILES string of the molecule is Cc1ccc(Cl)c2c1N[C@H](c1ccc(C(=O)O)cc1)[C@@H]1CC=C[C@H]21. The van der Waals surface area contributed by atoms with E-state index < -0.39 is 5.97 Å². The van der Waals surface area contributed by atoms with Crippen molar-refractivity contribution in [3.8, 4) is 0 Å². The van der Waals surface area contributed by atoms with Crippen LogP contribution in [-0.4, -0.2) is 11.1 Å². The average Bonchev–Trinajstić information content (AvgIpc) is 3.07. The Kier molecular flexibility index (Phi) is 3.61. The highest BCUT2D eigenvalue weighted by Crippen LogP contribution is 2.52. The van der Waals surface area contributed by atoms with Crippen LogP contribution in [0, 0.1) is 12.8 Å². The molecule has 122 valence electrons. The number of carbonyl (C=O) groups is 1. The van der Waals surface area contributed by atoms with Gasteiger partial charge in [-0.25, -0.2) is 4.79 Å². The lowest BCUT2D eigenvalue weighted by atomic mass is 9.76. The summed E-state index contributed by atoms with van der Waals surface area (Å²) in [4.78, 5) is 11.1. The zero-order chi connectivity index (χ0) is 16.8. The number of hydrogen-bond donors (Lipinski definition) is 2. The van der Waals surface area contributed by atoms with Crippen LogP contribution >= 0.6 is 11.6 Å². The monoisotopic (exact) mass is 339 g/mol. The summed E-state index contributed by atoms with van der Waals surface area (Å²) >= 11 is 6.49. The maximum Gasteiger partial charge on any atom is 0.335 e. The van der Waals surface area contributed by atoms with Crippen molar-refractivity contribution >= 4 is 23.3 Å². The van der Waals surface area contributed by atoms with Gasteiger partial charge in [0.25, 0.3) is 0 Å². The second kappa shape index (κ2) is 5.67. The van der Waals surface area contributed by atoms with Gasteiger partial charge in [-0.15, -0.1) is 0 Å². The Labute approximate surface area is 146 Å². The fraction of sp³-hybridized carbons (Fsp3) is 0.250. The first-order valence-corrected chi connectivity index (χ1v) is 8.49. The van der Waals surface area contributed by atoms with Crippen molar-refractivity contribution in [2.45, 2.75) is 25.3 Å². The topological polar surface area (TPSA) is 49.3 Å². The highest BCUT2D eigenvalue weighted by Gasteiger charge is 2.39. The Hall–Kier alpha value is -2.26. The minimum atomic E-state index is -0.897. The van der Waals surface area contributed by atoms with Crippen LogP contribution in [0.3, 0.4) is 0 Å². The lowest BCUT2D eigenvalue weighted by Crippen LogP contribution is -2.29. The van der Waals surface area contributed by atoms with Gasteiger partial charge in [-0.05, 0) is 48.6 Å². The van der Waals surface area contributed by atoms with Crippen LogP contribution < -0.4 is 5.32 Å². The van der Waals surface area contributed by atoms with E-state index in [2.05, 4.69) is 24.4 Å². The van der Waals surface area contributed by atoms with Gasteiger partial charge in [-0.3, -0.25) is 0 Å². The second-order valence-corrected chi connectivity index (χ2v) is 6.96. The van der Waals surface area contributed by atoms with Crippen molar-refractivity contribution in [1.82, 2.24) is 0 Å². The maximum atomic E-state index is 11.1. The summed E-state index contributed by atoms with van der Waals surface area (Å²) in [7, 11) is 0. The number of benzene rings is 2. The van der Waals surface area contributed by atoms with Crippen molar-refractivity contribution < 1.29 is 9.90 Å². The highest BCUT2D eigenvalue weighted by atomic mass is 35.5. The van der Waals surface area contributed by atoms with Crippen LogP contribution in [0.4, 0.5) is 5.69 Å². The van der Waals surface area contributed by atoms with Gasteiger partial charge in [0.2, 0.25) is 0 Å². The minimum absolute atomic E-state index is 0.150. The van der Waals surface area contributed by atoms with Gasteiger partial charge < -0.3 is 10.4 Å². The molecule has 0 spiro atoms. The third-order valence-corrected chi connectivity index (χ3v) is 5.52. The summed E-state index contributed by atoms with van der Waals surface area (Å²) in [5.41, 5.74) is 4.91. The van der Waals surface area contributed by atoms with E-state index in [9.17, 15) is 4.79 Å². The van der Waals surface area contributed by atoms with Crippen molar-refractivity contribution in [1.29, 1.82) is 0 Å². The van der Waals surface area contributed by atoms with E-state index in [1.54, 1.807) is 12.1 Å². The summed E-state index contributed by atoms with van der Waals surface area (Å²) in [6, 6.07) is 11.4. The van der Waals surface area contributed by atoms with E-state index >= 15 is 0 Å². The van der Waals surface area contributed by atoms with Crippen molar-refractivity contribution in [3.63, 3.8) is 0 Å². The van der Waals surface area contributed by atoms with Crippen LogP contribution in [-0.2, 0) is 0 Å². The number of fused-ring (bicyclic) bond motifs is 3. The molecule has 2 N–H and O–H groups in total. The predicted molar refractivity (Wildman–Crippen MR) is 95.9 cm³/mol. The van der Waals surface area contributed by atoms with Crippen LogP contribution in [0.2, 0.25) is 5.02 Å². The molecule has 3 atom stereocenters. The van der Waals surface area contributed by atoms with Crippen LogP contribution in [0.1, 0.15) is 45.4 Å². The number of nitrogens with one attached hydrogen (secondary N) is 1. The molecule has 0 amide bonds. The molecule has 2 aliphatic rings. The number of halogens is 1. The Balaban J connectivity index is 1.78. The molecule has 1 heterocycles. The van der Waals surface area contributed by atoms with Crippen LogP contribution in [0.15, 0.2) is 48.6 Å². The molecule has 24 heavy (non-hydrogen) atoms. The molecule has 0 aromatic heterocycles. The molecule has 0 saturated carbocycles. The van der Waals surface area contributed by atoms with Crippen molar-refractivity contribution in [3.05, 3.63) is 75.8 Å². The molecule has 4 rings (SSSR count). The summed E-state index contributed by atoms with van der Waals surface area (Å²) < 4.78 is 0. The van der Waals surface area contributed by atoms with E-state index in [1.807, 2.05) is 24.3 Å². The summed E-state index contributed by atoms with van der Waals surface area (Å²) in [5, 5.41) is 13.6. The predicted octanol–water partition coefficient (Wildman–Crippen LogP) is 5.17. The smallest absolute Gasteiger partial charge is 0.335 e. The first-order valence-electron chi connectivity index (χ1n) is 8.11. The number of carboxylic acids is 1. The van der Waals surface area contributed by atoms with E-state index in [4.69, 9.17) is 16.7 Å². The Bertz CT molecular complexity index is 841. The molecule has 0 fully saturated rings. The zero-order valence-electron chi connectivity index (χ0n) is 13.3. The highest BCUT2D eigenvalue weighted by molar-refractivity contribution is 6.32. The molecular weight excluding hydrogens is 322 g/mol. The summed E-state index contributed by atoms with van der Waals surface area (Å²) in [5.74, 6) is -0.197. The summed E-state index contributed by atoms with van der Waals surface area (Å²) in [6.45, 7) is 2.09.